The van der Waals surface area contributed by atoms with Crippen LogP contribution in [0.5, 0.6) is 0 Å². The lowest BCUT2D eigenvalue weighted by Gasteiger charge is -2.39. The molecule has 0 amide bonds. The Balaban J connectivity index is 1.45. The minimum absolute atomic E-state index is 0.0217. The first-order chi connectivity index (χ1) is 14.3. The number of anilines is 1. The highest BCUT2D eigenvalue weighted by atomic mass is 19.4. The van der Waals surface area contributed by atoms with Gasteiger partial charge in [0, 0.05) is 26.2 Å². The molecule has 0 unspecified atom stereocenters. The zero-order valence-corrected chi connectivity index (χ0v) is 16.2. The first-order valence-corrected chi connectivity index (χ1v) is 9.31. The van der Waals surface area contributed by atoms with E-state index in [0.717, 1.165) is 21.7 Å². The number of fused-ring (bicyclic) bond motifs is 1. The van der Waals surface area contributed by atoms with Gasteiger partial charge in [0.25, 0.3) is 0 Å². The summed E-state index contributed by atoms with van der Waals surface area (Å²) >= 11 is 0. The van der Waals surface area contributed by atoms with Gasteiger partial charge in [0.2, 0.25) is 5.82 Å². The minimum atomic E-state index is -4.67. The molecular formula is C19H17F3N8. The summed E-state index contributed by atoms with van der Waals surface area (Å²) < 4.78 is 42.1. The van der Waals surface area contributed by atoms with Crippen LogP contribution in [0.4, 0.5) is 19.0 Å². The van der Waals surface area contributed by atoms with Gasteiger partial charge in [-0.3, -0.25) is 0 Å². The predicted molar refractivity (Wildman–Crippen MR) is 102 cm³/mol. The number of nitrogens with zero attached hydrogens (tertiary/aromatic N) is 8. The molecule has 0 radical (unpaired) electrons. The lowest BCUT2D eigenvalue weighted by Crippen LogP contribution is -2.46. The Hall–Kier alpha value is -3.50. The van der Waals surface area contributed by atoms with Gasteiger partial charge in [-0.2, -0.15) is 23.4 Å². The molecule has 0 bridgehead atoms. The topological polar surface area (TPSA) is 77.5 Å². The van der Waals surface area contributed by atoms with Gasteiger partial charge in [-0.05, 0) is 19.1 Å². The van der Waals surface area contributed by atoms with E-state index in [0.29, 0.717) is 18.8 Å². The fourth-order valence-corrected chi connectivity index (χ4v) is 3.62. The number of hydrogen-bond donors (Lipinski definition) is 0. The number of halogens is 3. The van der Waals surface area contributed by atoms with E-state index in [1.807, 2.05) is 35.9 Å². The molecule has 1 saturated heterocycles. The molecule has 1 aromatic carbocycles. The smallest absolute Gasteiger partial charge is 0.355 e. The molecule has 1 aliphatic heterocycles. The van der Waals surface area contributed by atoms with Crippen LogP contribution in [-0.2, 0) is 13.2 Å². The highest BCUT2D eigenvalue weighted by Gasteiger charge is 2.38. The standard InChI is InChI=1S/C19H17F3N8/c1-11-8-23-30(27-11)16-7-15(25-18(26-16)19(20,21)22)29-9-12(10-29)17-24-13-5-3-4-6-14(13)28(17)2/h3-8,12H,9-10H2,1-2H3. The molecule has 154 valence electrons. The van der Waals surface area contributed by atoms with Gasteiger partial charge in [0.15, 0.2) is 5.82 Å². The van der Waals surface area contributed by atoms with E-state index in [9.17, 15) is 13.2 Å². The molecule has 0 atom stereocenters. The fraction of sp³-hybridized carbons (Fsp3) is 0.316. The predicted octanol–water partition coefficient (Wildman–Crippen LogP) is 2.88. The summed E-state index contributed by atoms with van der Waals surface area (Å²) in [6, 6.07) is 9.29. The van der Waals surface area contributed by atoms with Crippen molar-refractivity contribution in [3.8, 4) is 5.82 Å². The summed E-state index contributed by atoms with van der Waals surface area (Å²) in [4.78, 5) is 14.9. The number of alkyl halides is 3. The van der Waals surface area contributed by atoms with Crippen molar-refractivity contribution in [2.24, 2.45) is 7.05 Å². The van der Waals surface area contributed by atoms with Crippen LogP contribution in [0.15, 0.2) is 36.5 Å². The van der Waals surface area contributed by atoms with Crippen LogP contribution in [0.1, 0.15) is 23.3 Å². The van der Waals surface area contributed by atoms with Crippen molar-refractivity contribution in [3.63, 3.8) is 0 Å². The molecule has 0 spiro atoms. The molecule has 11 heteroatoms. The summed E-state index contributed by atoms with van der Waals surface area (Å²) in [5, 5.41) is 8.03. The van der Waals surface area contributed by atoms with E-state index in [2.05, 4.69) is 25.1 Å². The van der Waals surface area contributed by atoms with Crippen molar-refractivity contribution >= 4 is 16.9 Å². The van der Waals surface area contributed by atoms with Gasteiger partial charge in [0.1, 0.15) is 11.6 Å². The Morgan fingerprint density at radius 1 is 1.03 bits per heavy atom. The molecule has 0 saturated carbocycles. The lowest BCUT2D eigenvalue weighted by atomic mass is 9.99. The molecule has 1 aliphatic rings. The minimum Gasteiger partial charge on any atom is -0.355 e. The second-order valence-electron chi connectivity index (χ2n) is 7.30. The number of para-hydroxylation sites is 2. The summed E-state index contributed by atoms with van der Waals surface area (Å²) in [6.07, 6.45) is -3.21. The number of hydrogen-bond acceptors (Lipinski definition) is 6. The molecule has 3 aromatic heterocycles. The van der Waals surface area contributed by atoms with E-state index in [4.69, 9.17) is 0 Å². The highest BCUT2D eigenvalue weighted by molar-refractivity contribution is 5.76. The van der Waals surface area contributed by atoms with E-state index in [1.54, 1.807) is 11.8 Å². The SMILES string of the molecule is Cc1cnn(-c2cc(N3CC(c4nc5ccccc5n4C)C3)nc(C(F)(F)F)n2)n1. The second kappa shape index (κ2) is 6.51. The third kappa shape index (κ3) is 3.06. The third-order valence-corrected chi connectivity index (χ3v) is 5.16. The first kappa shape index (κ1) is 18.5. The van der Waals surface area contributed by atoms with Crippen LogP contribution in [0, 0.1) is 6.92 Å². The number of aryl methyl sites for hydroxylation is 2. The van der Waals surface area contributed by atoms with E-state index in [-0.39, 0.29) is 17.6 Å². The van der Waals surface area contributed by atoms with Crippen molar-refractivity contribution in [2.45, 2.75) is 19.0 Å². The first-order valence-electron chi connectivity index (χ1n) is 9.31. The van der Waals surface area contributed by atoms with Crippen molar-refractivity contribution in [2.75, 3.05) is 18.0 Å². The maximum atomic E-state index is 13.4. The van der Waals surface area contributed by atoms with Gasteiger partial charge < -0.3 is 9.47 Å². The Kier molecular flexibility index (Phi) is 4.02. The van der Waals surface area contributed by atoms with Crippen LogP contribution >= 0.6 is 0 Å². The van der Waals surface area contributed by atoms with Crippen LogP contribution in [0.25, 0.3) is 16.9 Å². The summed E-state index contributed by atoms with van der Waals surface area (Å²) in [7, 11) is 1.95. The molecule has 5 rings (SSSR count). The van der Waals surface area contributed by atoms with Gasteiger partial charge >= 0.3 is 6.18 Å². The Morgan fingerprint density at radius 2 is 1.77 bits per heavy atom. The quantitative estimate of drug-likeness (QED) is 0.513. The summed E-state index contributed by atoms with van der Waals surface area (Å²) in [5.74, 6) is -0.0394. The number of aromatic nitrogens is 7. The van der Waals surface area contributed by atoms with Crippen LogP contribution in [0.2, 0.25) is 0 Å². The Morgan fingerprint density at radius 3 is 2.43 bits per heavy atom. The van der Waals surface area contributed by atoms with E-state index in [1.165, 1.54) is 12.3 Å². The molecule has 0 N–H and O–H groups in total. The zero-order valence-electron chi connectivity index (χ0n) is 16.2. The van der Waals surface area contributed by atoms with Crippen molar-refractivity contribution in [3.05, 3.63) is 53.9 Å². The van der Waals surface area contributed by atoms with Crippen LogP contribution < -0.4 is 4.90 Å². The maximum Gasteiger partial charge on any atom is 0.451 e. The fourth-order valence-electron chi connectivity index (χ4n) is 3.62. The normalized spacial score (nSPS) is 15.0. The Bertz CT molecular complexity index is 1240. The van der Waals surface area contributed by atoms with E-state index >= 15 is 0 Å². The lowest BCUT2D eigenvalue weighted by molar-refractivity contribution is -0.144. The highest BCUT2D eigenvalue weighted by Crippen LogP contribution is 2.34. The van der Waals surface area contributed by atoms with Crippen molar-refractivity contribution < 1.29 is 13.2 Å². The molecule has 1 fully saturated rings. The second-order valence-corrected chi connectivity index (χ2v) is 7.30. The zero-order chi connectivity index (χ0) is 21.0. The molecule has 4 aromatic rings. The maximum absolute atomic E-state index is 13.4. The largest absolute Gasteiger partial charge is 0.451 e. The number of imidazole rings is 1. The van der Waals surface area contributed by atoms with E-state index < -0.39 is 12.0 Å². The number of rotatable bonds is 3. The third-order valence-electron chi connectivity index (χ3n) is 5.16. The summed E-state index contributed by atoms with van der Waals surface area (Å²) in [6.45, 7) is 2.72. The average Bonchev–Trinajstić information content (AvgIpc) is 3.24. The average molecular weight is 414 g/mol. The molecule has 8 nitrogen and oxygen atoms in total. The Labute approximate surface area is 169 Å². The molecular weight excluding hydrogens is 397 g/mol. The van der Waals surface area contributed by atoms with Gasteiger partial charge in [-0.25, -0.2) is 15.0 Å². The molecule has 30 heavy (non-hydrogen) atoms. The molecule has 4 heterocycles. The molecule has 0 aliphatic carbocycles. The van der Waals surface area contributed by atoms with Gasteiger partial charge in [0.05, 0.1) is 28.8 Å². The number of benzene rings is 1. The monoisotopic (exact) mass is 414 g/mol. The van der Waals surface area contributed by atoms with Crippen LogP contribution in [0.3, 0.4) is 0 Å². The van der Waals surface area contributed by atoms with Gasteiger partial charge in [-0.15, -0.1) is 4.80 Å². The van der Waals surface area contributed by atoms with Crippen molar-refractivity contribution in [1.82, 2.24) is 34.5 Å². The van der Waals surface area contributed by atoms with Crippen LogP contribution in [-0.4, -0.2) is 47.6 Å². The van der Waals surface area contributed by atoms with Gasteiger partial charge in [-0.1, -0.05) is 12.1 Å². The van der Waals surface area contributed by atoms with Crippen molar-refractivity contribution in [1.29, 1.82) is 0 Å². The summed E-state index contributed by atoms with van der Waals surface area (Å²) in [5.41, 5.74) is 2.50.